The maximum absolute atomic E-state index is 12.5. The van der Waals surface area contributed by atoms with E-state index in [9.17, 15) is 4.79 Å². The van der Waals surface area contributed by atoms with Crippen LogP contribution in [-0.4, -0.2) is 80.6 Å². The molecule has 2 aromatic heterocycles. The van der Waals surface area contributed by atoms with Crippen LogP contribution < -0.4 is 15.8 Å². The highest BCUT2D eigenvalue weighted by Crippen LogP contribution is 2.52. The summed E-state index contributed by atoms with van der Waals surface area (Å²) in [5, 5.41) is 3.80. The Balaban J connectivity index is 1.11. The maximum Gasteiger partial charge on any atom is 0.271 e. The second kappa shape index (κ2) is 14.2. The summed E-state index contributed by atoms with van der Waals surface area (Å²) in [5.41, 5.74) is 4.93. The molecule has 11 heteroatoms. The lowest BCUT2D eigenvalue weighted by molar-refractivity contribution is -0.0431. The van der Waals surface area contributed by atoms with Crippen molar-refractivity contribution in [3.05, 3.63) is 100 Å². The fourth-order valence-corrected chi connectivity index (χ4v) is 8.69. The first-order chi connectivity index (χ1) is 22.6. The van der Waals surface area contributed by atoms with Gasteiger partial charge in [-0.15, -0.1) is 0 Å². The number of nitrogens with one attached hydrogen (secondary N) is 2. The van der Waals surface area contributed by atoms with Crippen molar-refractivity contribution in [2.75, 3.05) is 69.9 Å². The van der Waals surface area contributed by atoms with Crippen molar-refractivity contribution in [2.24, 2.45) is 0 Å². The van der Waals surface area contributed by atoms with Gasteiger partial charge in [-0.1, -0.05) is 41.7 Å². The van der Waals surface area contributed by atoms with Gasteiger partial charge in [-0.25, -0.2) is 0 Å². The third-order valence-corrected chi connectivity index (χ3v) is 11.3. The summed E-state index contributed by atoms with van der Waals surface area (Å²) >= 11 is 3.58. The Hall–Kier alpha value is -3.32. The van der Waals surface area contributed by atoms with Crippen molar-refractivity contribution in [2.45, 2.75) is 44.8 Å². The molecule has 0 saturated carbocycles. The van der Waals surface area contributed by atoms with Gasteiger partial charge in [-0.3, -0.25) is 14.7 Å². The number of benzene rings is 2. The second-order valence-corrected chi connectivity index (χ2v) is 14.0. The number of rotatable bonds is 9. The number of methoxy groups -OCH3 is 1. The molecule has 3 atom stereocenters. The molecule has 3 aliphatic heterocycles. The normalized spacial score (nSPS) is 20.5. The van der Waals surface area contributed by atoms with Crippen molar-refractivity contribution in [1.82, 2.24) is 14.9 Å². The molecular formula is C35H39N5O4S2. The molecule has 0 bridgehead atoms. The van der Waals surface area contributed by atoms with Crippen molar-refractivity contribution in [1.29, 1.82) is 0 Å². The molecule has 2 N–H and O–H groups in total. The second-order valence-electron chi connectivity index (χ2n) is 11.8. The van der Waals surface area contributed by atoms with Gasteiger partial charge in [0, 0.05) is 77.5 Å². The van der Waals surface area contributed by atoms with E-state index in [0.717, 1.165) is 42.1 Å². The van der Waals surface area contributed by atoms with E-state index in [2.05, 4.69) is 75.6 Å². The van der Waals surface area contributed by atoms with E-state index < -0.39 is 0 Å². The number of morpholine rings is 2. The SMILES string of the molecule is COCCN1CCOC(C(Nc2ccc3c(c2)Sc2cccc(C4CN(c5ccc[nH]c5=O)CCO4)c2S3)c2ccc(C)cn2)C1. The summed E-state index contributed by atoms with van der Waals surface area (Å²) in [7, 11) is 1.75. The van der Waals surface area contributed by atoms with E-state index in [1.165, 1.54) is 19.6 Å². The van der Waals surface area contributed by atoms with Gasteiger partial charge < -0.3 is 29.4 Å². The van der Waals surface area contributed by atoms with E-state index in [1.807, 2.05) is 18.3 Å². The summed E-state index contributed by atoms with van der Waals surface area (Å²) in [4.78, 5) is 29.5. The molecule has 3 aliphatic rings. The summed E-state index contributed by atoms with van der Waals surface area (Å²) in [6.45, 7) is 7.92. The minimum absolute atomic E-state index is 0.0521. The molecule has 2 saturated heterocycles. The highest BCUT2D eigenvalue weighted by Gasteiger charge is 2.32. The highest BCUT2D eigenvalue weighted by molar-refractivity contribution is 8.05. The zero-order valence-corrected chi connectivity index (χ0v) is 27.7. The fraction of sp³-hybridized carbons (Fsp3) is 0.371. The Labute approximate surface area is 278 Å². The number of ether oxygens (including phenoxy) is 3. The number of pyridine rings is 2. The molecule has 7 rings (SSSR count). The van der Waals surface area contributed by atoms with Crippen molar-refractivity contribution >= 4 is 34.9 Å². The van der Waals surface area contributed by atoms with E-state index >= 15 is 0 Å². The summed E-state index contributed by atoms with van der Waals surface area (Å²) < 4.78 is 18.0. The van der Waals surface area contributed by atoms with Crippen LogP contribution in [0.3, 0.4) is 0 Å². The van der Waals surface area contributed by atoms with Crippen molar-refractivity contribution in [3.63, 3.8) is 0 Å². The molecule has 0 amide bonds. The summed E-state index contributed by atoms with van der Waals surface area (Å²) in [6, 6.07) is 20.9. The molecule has 0 radical (unpaired) electrons. The van der Waals surface area contributed by atoms with E-state index in [0.29, 0.717) is 38.6 Å². The summed E-state index contributed by atoms with van der Waals surface area (Å²) in [5.74, 6) is 0. The van der Waals surface area contributed by atoms with Gasteiger partial charge in [0.05, 0.1) is 37.7 Å². The van der Waals surface area contributed by atoms with Crippen LogP contribution in [-0.2, 0) is 14.2 Å². The van der Waals surface area contributed by atoms with E-state index in [-0.39, 0.29) is 23.8 Å². The first kappa shape index (κ1) is 31.3. The molecule has 46 heavy (non-hydrogen) atoms. The molecule has 240 valence electrons. The molecule has 5 heterocycles. The van der Waals surface area contributed by atoms with Crippen LogP contribution >= 0.6 is 23.5 Å². The zero-order valence-electron chi connectivity index (χ0n) is 26.1. The Bertz CT molecular complexity index is 1720. The van der Waals surface area contributed by atoms with Gasteiger partial charge in [0.2, 0.25) is 0 Å². The molecule has 3 unspecified atom stereocenters. The predicted molar refractivity (Wildman–Crippen MR) is 182 cm³/mol. The molecule has 0 spiro atoms. The van der Waals surface area contributed by atoms with Crippen molar-refractivity contribution in [3.8, 4) is 0 Å². The lowest BCUT2D eigenvalue weighted by Gasteiger charge is -2.37. The van der Waals surface area contributed by atoms with Crippen LogP contribution in [0.2, 0.25) is 0 Å². The zero-order chi connectivity index (χ0) is 31.5. The minimum atomic E-state index is -0.124. The highest BCUT2D eigenvalue weighted by atomic mass is 32.2. The van der Waals surface area contributed by atoms with Crippen LogP contribution in [0, 0.1) is 6.92 Å². The van der Waals surface area contributed by atoms with Crippen LogP contribution in [0.1, 0.15) is 29.0 Å². The van der Waals surface area contributed by atoms with Gasteiger partial charge in [0.1, 0.15) is 11.8 Å². The topological polar surface area (TPSA) is 92.0 Å². The molecule has 9 nitrogen and oxygen atoms in total. The van der Waals surface area contributed by atoms with E-state index in [4.69, 9.17) is 19.2 Å². The van der Waals surface area contributed by atoms with Crippen LogP contribution in [0.4, 0.5) is 11.4 Å². The number of fused-ring (bicyclic) bond motifs is 2. The van der Waals surface area contributed by atoms with Gasteiger partial charge in [0.15, 0.2) is 0 Å². The Kier molecular flexibility index (Phi) is 9.66. The molecule has 2 fully saturated rings. The Morgan fingerprint density at radius 3 is 2.78 bits per heavy atom. The number of aromatic nitrogens is 2. The van der Waals surface area contributed by atoms with Gasteiger partial charge in [-0.05, 0) is 60.5 Å². The predicted octanol–water partition coefficient (Wildman–Crippen LogP) is 5.77. The fourth-order valence-electron chi connectivity index (χ4n) is 6.24. The van der Waals surface area contributed by atoms with Crippen LogP contribution in [0.15, 0.2) is 97.4 Å². The quantitative estimate of drug-likeness (QED) is 0.204. The molecule has 2 aromatic carbocycles. The lowest BCUT2D eigenvalue weighted by Crippen LogP contribution is -2.47. The average molecular weight is 658 g/mol. The number of aromatic amines is 1. The molecular weight excluding hydrogens is 619 g/mol. The summed E-state index contributed by atoms with van der Waals surface area (Å²) in [6.07, 6.45) is 3.42. The first-order valence-electron chi connectivity index (χ1n) is 15.7. The average Bonchev–Trinajstić information content (AvgIpc) is 3.09. The standard InChI is InChI=1S/C35H39N5O4S2/c1-23-8-10-26(37-20-23)33(29-21-39(13-16-42-2)14-17-44-29)38-24-9-11-30-32(19-24)45-31-7-3-5-25(34(31)46-30)28-22-40(15-18-43-28)27-6-4-12-36-35(27)41/h3-12,19-20,28-29,33,38H,13-18,21-22H2,1-2H3,(H,36,41). The van der Waals surface area contributed by atoms with Gasteiger partial charge in [0.25, 0.3) is 5.56 Å². The largest absolute Gasteiger partial charge is 0.383 e. The monoisotopic (exact) mass is 657 g/mol. The Morgan fingerprint density at radius 1 is 1.02 bits per heavy atom. The third kappa shape index (κ3) is 6.85. The third-order valence-electron chi connectivity index (χ3n) is 8.67. The van der Waals surface area contributed by atoms with Crippen molar-refractivity contribution < 1.29 is 14.2 Å². The number of H-pyrrole nitrogens is 1. The van der Waals surface area contributed by atoms with Crippen LogP contribution in [0.5, 0.6) is 0 Å². The van der Waals surface area contributed by atoms with Crippen LogP contribution in [0.25, 0.3) is 0 Å². The van der Waals surface area contributed by atoms with Gasteiger partial charge >= 0.3 is 0 Å². The Morgan fingerprint density at radius 2 is 1.93 bits per heavy atom. The smallest absolute Gasteiger partial charge is 0.271 e. The van der Waals surface area contributed by atoms with Gasteiger partial charge in [-0.2, -0.15) is 0 Å². The van der Waals surface area contributed by atoms with E-state index in [1.54, 1.807) is 36.8 Å². The molecule has 4 aromatic rings. The number of aryl methyl sites for hydroxylation is 1. The maximum atomic E-state index is 12.5. The number of nitrogens with zero attached hydrogens (tertiary/aromatic N) is 3. The number of hydrogen-bond acceptors (Lipinski definition) is 10. The minimum Gasteiger partial charge on any atom is -0.383 e. The lowest BCUT2D eigenvalue weighted by atomic mass is 10.0. The number of hydrogen-bond donors (Lipinski definition) is 2. The first-order valence-corrected chi connectivity index (χ1v) is 17.4. The molecule has 0 aliphatic carbocycles. The number of anilines is 2.